The Balaban J connectivity index is 2.25. The lowest BCUT2D eigenvalue weighted by atomic mass is 9.75. The van der Waals surface area contributed by atoms with Crippen LogP contribution in [0.1, 0.15) is 66.7 Å². The molecule has 2 fully saturated rings. The summed E-state index contributed by atoms with van der Waals surface area (Å²) in [5.41, 5.74) is -0.578. The van der Waals surface area contributed by atoms with Gasteiger partial charge in [0, 0.05) is 18.6 Å². The Morgan fingerprint density at radius 2 is 1.68 bits per heavy atom. The molecular formula is C19H34N2O6S. The second kappa shape index (κ2) is 7.82. The van der Waals surface area contributed by atoms with Crippen molar-refractivity contribution >= 4 is 22.1 Å². The van der Waals surface area contributed by atoms with Crippen LogP contribution in [-0.4, -0.2) is 71.3 Å². The van der Waals surface area contributed by atoms with Crippen LogP contribution in [0.4, 0.5) is 4.79 Å². The van der Waals surface area contributed by atoms with Crippen LogP contribution >= 0.6 is 0 Å². The van der Waals surface area contributed by atoms with E-state index in [1.165, 1.54) is 10.6 Å². The molecule has 1 saturated carbocycles. The standard InChI is InChI=1S/C19H34N2O6S/c1-18(2,3)27-17(24)20-12-14(11-15(20)16(22)23)21(28(6,25)26)13-7-9-19(4,5)10-8-13/h13-15H,7-12H2,1-6H3,(H,22,23)/t14-,15-/m0/s1. The molecule has 1 heterocycles. The Morgan fingerprint density at radius 3 is 2.11 bits per heavy atom. The fourth-order valence-electron chi connectivity index (χ4n) is 4.23. The molecule has 1 amide bonds. The zero-order valence-corrected chi connectivity index (χ0v) is 18.6. The molecule has 1 saturated heterocycles. The average molecular weight is 419 g/mol. The molecule has 0 spiro atoms. The van der Waals surface area contributed by atoms with E-state index >= 15 is 0 Å². The highest BCUT2D eigenvalue weighted by Crippen LogP contribution is 2.39. The second-order valence-electron chi connectivity index (χ2n) is 9.86. The quantitative estimate of drug-likeness (QED) is 0.753. The molecule has 0 bridgehead atoms. The maximum absolute atomic E-state index is 12.6. The maximum atomic E-state index is 12.6. The first kappa shape index (κ1) is 22.9. The number of likely N-dealkylation sites (tertiary alicyclic amines) is 1. The van der Waals surface area contributed by atoms with Gasteiger partial charge in [0.25, 0.3) is 0 Å². The first-order valence-corrected chi connectivity index (χ1v) is 11.7. The van der Waals surface area contributed by atoms with E-state index in [0.717, 1.165) is 30.6 Å². The molecular weight excluding hydrogens is 384 g/mol. The van der Waals surface area contributed by atoms with Crippen LogP contribution in [0.25, 0.3) is 0 Å². The van der Waals surface area contributed by atoms with Crippen molar-refractivity contribution in [2.45, 2.75) is 90.4 Å². The van der Waals surface area contributed by atoms with Crippen LogP contribution < -0.4 is 0 Å². The lowest BCUT2D eigenvalue weighted by Gasteiger charge is -2.41. The van der Waals surface area contributed by atoms with Crippen LogP contribution in [0.3, 0.4) is 0 Å². The van der Waals surface area contributed by atoms with Gasteiger partial charge in [-0.3, -0.25) is 4.90 Å². The van der Waals surface area contributed by atoms with E-state index in [-0.39, 0.29) is 24.4 Å². The van der Waals surface area contributed by atoms with Crippen molar-refractivity contribution in [2.24, 2.45) is 5.41 Å². The number of rotatable bonds is 4. The highest BCUT2D eigenvalue weighted by molar-refractivity contribution is 7.88. The molecule has 28 heavy (non-hydrogen) atoms. The summed E-state index contributed by atoms with van der Waals surface area (Å²) in [5.74, 6) is -1.15. The van der Waals surface area contributed by atoms with Crippen molar-refractivity contribution in [1.82, 2.24) is 9.21 Å². The zero-order valence-electron chi connectivity index (χ0n) is 17.8. The number of ether oxygens (including phenoxy) is 1. The summed E-state index contributed by atoms with van der Waals surface area (Å²) in [4.78, 5) is 25.4. The van der Waals surface area contributed by atoms with Crippen LogP contribution in [-0.2, 0) is 19.6 Å². The number of carboxylic acids is 1. The van der Waals surface area contributed by atoms with Gasteiger partial charge in [0.2, 0.25) is 10.0 Å². The third kappa shape index (κ3) is 5.59. The lowest BCUT2D eigenvalue weighted by molar-refractivity contribution is -0.142. The van der Waals surface area contributed by atoms with Gasteiger partial charge in [-0.1, -0.05) is 13.8 Å². The minimum Gasteiger partial charge on any atom is -0.480 e. The molecule has 2 aliphatic rings. The number of nitrogens with zero attached hydrogens (tertiary/aromatic N) is 2. The van der Waals surface area contributed by atoms with Gasteiger partial charge in [-0.05, 0) is 58.3 Å². The average Bonchev–Trinajstić information content (AvgIpc) is 2.91. The lowest BCUT2D eigenvalue weighted by Crippen LogP contribution is -2.50. The number of carbonyl (C=O) groups is 2. The summed E-state index contributed by atoms with van der Waals surface area (Å²) in [7, 11) is -3.56. The van der Waals surface area contributed by atoms with E-state index in [2.05, 4.69) is 13.8 Å². The molecule has 162 valence electrons. The normalized spacial score (nSPS) is 26.5. The smallest absolute Gasteiger partial charge is 0.411 e. The van der Waals surface area contributed by atoms with Crippen LogP contribution in [0, 0.1) is 5.41 Å². The van der Waals surface area contributed by atoms with E-state index in [1.54, 1.807) is 20.8 Å². The van der Waals surface area contributed by atoms with Gasteiger partial charge in [-0.25, -0.2) is 18.0 Å². The Bertz CT molecular complexity index is 702. The van der Waals surface area contributed by atoms with Gasteiger partial charge >= 0.3 is 12.1 Å². The fraction of sp³-hybridized carbons (Fsp3) is 0.895. The monoisotopic (exact) mass is 418 g/mol. The van der Waals surface area contributed by atoms with Gasteiger partial charge in [0.1, 0.15) is 11.6 Å². The minimum atomic E-state index is -3.56. The molecule has 8 nitrogen and oxygen atoms in total. The number of carboxylic acid groups (broad SMARTS) is 1. The van der Waals surface area contributed by atoms with E-state index < -0.39 is 39.8 Å². The van der Waals surface area contributed by atoms with Crippen molar-refractivity contribution in [3.63, 3.8) is 0 Å². The Kier molecular flexibility index (Phi) is 6.40. The van der Waals surface area contributed by atoms with E-state index in [4.69, 9.17) is 4.74 Å². The molecule has 2 rings (SSSR count). The number of aliphatic carboxylic acids is 1. The molecule has 0 radical (unpaired) electrons. The van der Waals surface area contributed by atoms with Crippen molar-refractivity contribution in [1.29, 1.82) is 0 Å². The first-order chi connectivity index (χ1) is 12.6. The summed E-state index contributed by atoms with van der Waals surface area (Å²) in [5, 5.41) is 9.59. The van der Waals surface area contributed by atoms with E-state index in [1.807, 2.05) is 0 Å². The summed E-state index contributed by atoms with van der Waals surface area (Å²) >= 11 is 0. The molecule has 0 aromatic heterocycles. The molecule has 1 aliphatic carbocycles. The summed E-state index contributed by atoms with van der Waals surface area (Å²) in [6.45, 7) is 9.50. The molecule has 2 atom stereocenters. The van der Waals surface area contributed by atoms with Crippen LogP contribution in [0.15, 0.2) is 0 Å². The molecule has 0 aromatic carbocycles. The number of hydrogen-bond acceptors (Lipinski definition) is 5. The molecule has 1 N–H and O–H groups in total. The predicted molar refractivity (Wildman–Crippen MR) is 105 cm³/mol. The van der Waals surface area contributed by atoms with Crippen LogP contribution in [0.2, 0.25) is 0 Å². The molecule has 9 heteroatoms. The summed E-state index contributed by atoms with van der Waals surface area (Å²) in [6, 6.07) is -1.82. The first-order valence-electron chi connectivity index (χ1n) is 9.82. The maximum Gasteiger partial charge on any atom is 0.411 e. The van der Waals surface area contributed by atoms with E-state index in [9.17, 15) is 23.1 Å². The highest BCUT2D eigenvalue weighted by Gasteiger charge is 2.48. The van der Waals surface area contributed by atoms with Crippen molar-refractivity contribution in [2.75, 3.05) is 12.8 Å². The number of sulfonamides is 1. The molecule has 1 aliphatic heterocycles. The van der Waals surface area contributed by atoms with E-state index in [0.29, 0.717) is 0 Å². The van der Waals surface area contributed by atoms with Gasteiger partial charge in [-0.15, -0.1) is 0 Å². The van der Waals surface area contributed by atoms with Crippen LogP contribution in [0.5, 0.6) is 0 Å². The van der Waals surface area contributed by atoms with Gasteiger partial charge < -0.3 is 9.84 Å². The number of hydrogen-bond donors (Lipinski definition) is 1. The summed E-state index contributed by atoms with van der Waals surface area (Å²) < 4.78 is 32.0. The summed E-state index contributed by atoms with van der Waals surface area (Å²) in [6.07, 6.45) is 3.81. The van der Waals surface area contributed by atoms with Gasteiger partial charge in [-0.2, -0.15) is 4.31 Å². The number of carbonyl (C=O) groups excluding carboxylic acids is 1. The SMILES string of the molecule is CC1(C)CCC(N([C@H]2C[C@@H](C(=O)O)N(C(=O)OC(C)(C)C)C2)S(C)(=O)=O)CC1. The highest BCUT2D eigenvalue weighted by atomic mass is 32.2. The predicted octanol–water partition coefficient (Wildman–Crippen LogP) is 2.68. The zero-order chi connectivity index (χ0) is 21.5. The van der Waals surface area contributed by atoms with Gasteiger partial charge in [0.05, 0.1) is 6.26 Å². The molecule has 0 aromatic rings. The van der Waals surface area contributed by atoms with Crippen molar-refractivity contribution in [3.05, 3.63) is 0 Å². The fourth-order valence-corrected chi connectivity index (χ4v) is 5.68. The molecule has 0 unspecified atom stereocenters. The minimum absolute atomic E-state index is 0.0266. The second-order valence-corrected chi connectivity index (χ2v) is 11.8. The Hall–Kier alpha value is -1.35. The number of amides is 1. The third-order valence-electron chi connectivity index (χ3n) is 5.60. The Labute approximate surface area is 168 Å². The van der Waals surface area contributed by atoms with Crippen molar-refractivity contribution in [3.8, 4) is 0 Å². The van der Waals surface area contributed by atoms with Crippen molar-refractivity contribution < 1.29 is 27.9 Å². The van der Waals surface area contributed by atoms with Gasteiger partial charge in [0.15, 0.2) is 0 Å². The topological polar surface area (TPSA) is 104 Å². The Morgan fingerprint density at radius 1 is 1.14 bits per heavy atom. The largest absolute Gasteiger partial charge is 0.480 e. The third-order valence-corrected chi connectivity index (χ3v) is 6.97.